The number of carbonyl (C=O) groups excluding carboxylic acids is 1. The van der Waals surface area contributed by atoms with E-state index >= 15 is 0 Å². The van der Waals surface area contributed by atoms with E-state index in [9.17, 15) is 4.79 Å². The van der Waals surface area contributed by atoms with Crippen molar-refractivity contribution in [3.05, 3.63) is 28.2 Å². The van der Waals surface area contributed by atoms with Crippen LogP contribution in [0, 0.1) is 5.92 Å². The Morgan fingerprint density at radius 3 is 2.77 bits per heavy atom. The minimum Gasteiger partial charge on any atom is -0.490 e. The Bertz CT molecular complexity index is 531. The van der Waals surface area contributed by atoms with Crippen molar-refractivity contribution in [2.24, 2.45) is 11.7 Å². The van der Waals surface area contributed by atoms with Crippen LogP contribution in [0.1, 0.15) is 44.0 Å². The summed E-state index contributed by atoms with van der Waals surface area (Å²) >= 11 is 3.44. The van der Waals surface area contributed by atoms with Gasteiger partial charge in [0.2, 0.25) is 0 Å². The van der Waals surface area contributed by atoms with Gasteiger partial charge in [-0.05, 0) is 57.7 Å². The van der Waals surface area contributed by atoms with Crippen LogP contribution >= 0.6 is 15.9 Å². The third kappa shape index (κ3) is 4.23. The molecule has 1 aliphatic heterocycles. The van der Waals surface area contributed by atoms with Gasteiger partial charge in [0, 0.05) is 23.6 Å². The molecule has 1 amide bonds. The number of nitrogens with two attached hydrogens (primary N) is 1. The van der Waals surface area contributed by atoms with Crippen LogP contribution in [0.4, 0.5) is 0 Å². The van der Waals surface area contributed by atoms with Gasteiger partial charge in [0.1, 0.15) is 5.75 Å². The monoisotopic (exact) mass is 368 g/mol. The van der Waals surface area contributed by atoms with Crippen molar-refractivity contribution < 1.29 is 9.53 Å². The van der Waals surface area contributed by atoms with Crippen LogP contribution < -0.4 is 10.5 Å². The Labute approximate surface area is 141 Å². The van der Waals surface area contributed by atoms with Crippen molar-refractivity contribution in [1.82, 2.24) is 4.90 Å². The Morgan fingerprint density at radius 2 is 2.14 bits per heavy atom. The maximum Gasteiger partial charge on any atom is 0.257 e. The topological polar surface area (TPSA) is 55.6 Å². The molecule has 0 saturated carbocycles. The zero-order valence-corrected chi connectivity index (χ0v) is 15.1. The SMILES string of the molecule is CC(C)Oc1cc(Br)ccc1C(=O)N1CCCC(C(C)N)C1. The first-order valence-electron chi connectivity index (χ1n) is 7.89. The van der Waals surface area contributed by atoms with Gasteiger partial charge in [0.25, 0.3) is 5.91 Å². The third-order valence-electron chi connectivity index (χ3n) is 4.03. The molecular formula is C17H25BrN2O2. The molecule has 0 aliphatic carbocycles. The van der Waals surface area contributed by atoms with E-state index < -0.39 is 0 Å². The first-order chi connectivity index (χ1) is 10.4. The minimum atomic E-state index is 0.0269. The van der Waals surface area contributed by atoms with Gasteiger partial charge in [-0.3, -0.25) is 4.79 Å². The second kappa shape index (κ2) is 7.47. The third-order valence-corrected chi connectivity index (χ3v) is 4.52. The number of halogens is 1. The second-order valence-corrected chi connectivity index (χ2v) is 7.24. The largest absolute Gasteiger partial charge is 0.490 e. The molecule has 1 heterocycles. The molecule has 2 rings (SSSR count). The fourth-order valence-corrected chi connectivity index (χ4v) is 3.16. The predicted octanol–water partition coefficient (Wildman–Crippen LogP) is 3.44. The van der Waals surface area contributed by atoms with Crippen LogP contribution in [0.3, 0.4) is 0 Å². The van der Waals surface area contributed by atoms with Crippen LogP contribution in [0.25, 0.3) is 0 Å². The van der Waals surface area contributed by atoms with E-state index in [0.717, 1.165) is 30.4 Å². The van der Waals surface area contributed by atoms with Gasteiger partial charge in [-0.15, -0.1) is 0 Å². The molecule has 0 aromatic heterocycles. The van der Waals surface area contributed by atoms with Crippen LogP contribution in [0.2, 0.25) is 0 Å². The predicted molar refractivity (Wildman–Crippen MR) is 92.2 cm³/mol. The molecule has 2 atom stereocenters. The molecule has 5 heteroatoms. The molecule has 0 radical (unpaired) electrons. The van der Waals surface area contributed by atoms with Gasteiger partial charge in [-0.1, -0.05) is 15.9 Å². The Morgan fingerprint density at radius 1 is 1.41 bits per heavy atom. The lowest BCUT2D eigenvalue weighted by molar-refractivity contribution is 0.0655. The molecule has 1 fully saturated rings. The lowest BCUT2D eigenvalue weighted by Crippen LogP contribution is -2.45. The molecular weight excluding hydrogens is 344 g/mol. The molecule has 1 aromatic carbocycles. The molecule has 1 aromatic rings. The van der Waals surface area contributed by atoms with Gasteiger partial charge in [0.15, 0.2) is 0 Å². The Hall–Kier alpha value is -1.07. The summed E-state index contributed by atoms with van der Waals surface area (Å²) in [5.41, 5.74) is 6.64. The van der Waals surface area contributed by atoms with Crippen molar-refractivity contribution in [2.45, 2.75) is 45.8 Å². The number of benzene rings is 1. The van der Waals surface area contributed by atoms with E-state index in [-0.39, 0.29) is 18.1 Å². The fourth-order valence-electron chi connectivity index (χ4n) is 2.82. The summed E-state index contributed by atoms with van der Waals surface area (Å²) in [5.74, 6) is 1.05. The van der Waals surface area contributed by atoms with Gasteiger partial charge in [0.05, 0.1) is 11.7 Å². The van der Waals surface area contributed by atoms with Crippen LogP contribution in [0.5, 0.6) is 5.75 Å². The highest BCUT2D eigenvalue weighted by Crippen LogP contribution is 2.28. The van der Waals surface area contributed by atoms with Crippen molar-refractivity contribution in [1.29, 1.82) is 0 Å². The summed E-state index contributed by atoms with van der Waals surface area (Å²) in [6.07, 6.45) is 2.13. The summed E-state index contributed by atoms with van der Waals surface area (Å²) in [6, 6.07) is 5.69. The molecule has 2 unspecified atom stereocenters. The molecule has 0 spiro atoms. The zero-order valence-electron chi connectivity index (χ0n) is 13.5. The summed E-state index contributed by atoms with van der Waals surface area (Å²) < 4.78 is 6.72. The average molecular weight is 369 g/mol. The van der Waals surface area contributed by atoms with E-state index in [2.05, 4.69) is 15.9 Å². The number of rotatable bonds is 4. The molecule has 1 aliphatic rings. The number of ether oxygens (including phenoxy) is 1. The summed E-state index contributed by atoms with van der Waals surface area (Å²) in [5, 5.41) is 0. The number of likely N-dealkylation sites (tertiary alicyclic amines) is 1. The normalized spacial score (nSPS) is 20.1. The highest BCUT2D eigenvalue weighted by Gasteiger charge is 2.28. The molecule has 0 bridgehead atoms. The first-order valence-corrected chi connectivity index (χ1v) is 8.69. The number of amides is 1. The van der Waals surface area contributed by atoms with E-state index in [4.69, 9.17) is 10.5 Å². The highest BCUT2D eigenvalue weighted by molar-refractivity contribution is 9.10. The number of nitrogens with zero attached hydrogens (tertiary/aromatic N) is 1. The maximum atomic E-state index is 12.9. The van der Waals surface area contributed by atoms with Crippen molar-refractivity contribution >= 4 is 21.8 Å². The van der Waals surface area contributed by atoms with Crippen LogP contribution in [-0.2, 0) is 0 Å². The maximum absolute atomic E-state index is 12.9. The number of piperidine rings is 1. The average Bonchev–Trinajstić information content (AvgIpc) is 2.46. The quantitative estimate of drug-likeness (QED) is 0.885. The van der Waals surface area contributed by atoms with Gasteiger partial charge < -0.3 is 15.4 Å². The lowest BCUT2D eigenvalue weighted by atomic mass is 9.92. The molecule has 1 saturated heterocycles. The van der Waals surface area contributed by atoms with Gasteiger partial charge in [-0.2, -0.15) is 0 Å². The molecule has 22 heavy (non-hydrogen) atoms. The summed E-state index contributed by atoms with van der Waals surface area (Å²) in [6.45, 7) is 7.46. The van der Waals surface area contributed by atoms with Crippen LogP contribution in [0.15, 0.2) is 22.7 Å². The molecule has 122 valence electrons. The fraction of sp³-hybridized carbons (Fsp3) is 0.588. The van der Waals surface area contributed by atoms with E-state index in [1.54, 1.807) is 0 Å². The zero-order chi connectivity index (χ0) is 16.3. The molecule has 2 N–H and O–H groups in total. The molecule has 4 nitrogen and oxygen atoms in total. The lowest BCUT2D eigenvalue weighted by Gasteiger charge is -2.35. The van der Waals surface area contributed by atoms with Gasteiger partial charge in [-0.25, -0.2) is 0 Å². The number of hydrogen-bond acceptors (Lipinski definition) is 3. The standard InChI is InChI=1S/C17H25BrN2O2/c1-11(2)22-16-9-14(18)6-7-15(16)17(21)20-8-4-5-13(10-20)12(3)19/h6-7,9,11-13H,4-5,8,10,19H2,1-3H3. The Balaban J connectivity index is 2.21. The Kier molecular flexibility index (Phi) is 5.87. The number of hydrogen-bond donors (Lipinski definition) is 1. The first kappa shape index (κ1) is 17.3. The van der Waals surface area contributed by atoms with Gasteiger partial charge >= 0.3 is 0 Å². The van der Waals surface area contributed by atoms with Crippen molar-refractivity contribution in [3.63, 3.8) is 0 Å². The van der Waals surface area contributed by atoms with Crippen LogP contribution in [-0.4, -0.2) is 36.0 Å². The number of carbonyl (C=O) groups is 1. The van der Waals surface area contributed by atoms with Crippen molar-refractivity contribution in [2.75, 3.05) is 13.1 Å². The highest BCUT2D eigenvalue weighted by atomic mass is 79.9. The van der Waals surface area contributed by atoms with Crippen molar-refractivity contribution in [3.8, 4) is 5.75 Å². The second-order valence-electron chi connectivity index (χ2n) is 6.32. The summed E-state index contributed by atoms with van der Waals surface area (Å²) in [7, 11) is 0. The van der Waals surface area contributed by atoms with E-state index in [0.29, 0.717) is 17.2 Å². The minimum absolute atomic E-state index is 0.0269. The van der Waals surface area contributed by atoms with E-state index in [1.807, 2.05) is 43.9 Å². The smallest absolute Gasteiger partial charge is 0.257 e. The summed E-state index contributed by atoms with van der Waals surface area (Å²) in [4.78, 5) is 14.8. The van der Waals surface area contributed by atoms with E-state index in [1.165, 1.54) is 0 Å².